The van der Waals surface area contributed by atoms with Crippen molar-refractivity contribution in [3.05, 3.63) is 107 Å². The minimum absolute atomic E-state index is 0.00521. The molecule has 4 nitrogen and oxygen atoms in total. The van der Waals surface area contributed by atoms with Gasteiger partial charge in [-0.15, -0.1) is 0 Å². The molecule has 0 fully saturated rings. The molecule has 0 heterocycles. The van der Waals surface area contributed by atoms with Crippen molar-refractivity contribution in [3.8, 4) is 0 Å². The Balaban J connectivity index is 1.83. The van der Waals surface area contributed by atoms with Gasteiger partial charge in [-0.3, -0.25) is 9.59 Å². The number of amides is 2. The summed E-state index contributed by atoms with van der Waals surface area (Å²) < 4.78 is 0. The summed E-state index contributed by atoms with van der Waals surface area (Å²) >= 11 is 0. The van der Waals surface area contributed by atoms with Crippen LogP contribution in [0, 0.1) is 0 Å². The van der Waals surface area contributed by atoms with Crippen molar-refractivity contribution in [1.82, 2.24) is 10.2 Å². The van der Waals surface area contributed by atoms with Gasteiger partial charge in [0.2, 0.25) is 11.8 Å². The standard InChI is InChI=1S/C31H38N2O2/c1-4-21-32-31(35)29(22-26-11-7-5-8-12-26)33(23-27-13-9-6-10-14-27)30(34)20-17-25-15-18-28(19-16-25)24(2)3/h5-16,18-19,24,29H,4,17,20-23H2,1-3H3,(H,32,35)/t29-/m0/s1. The molecule has 0 aliphatic rings. The van der Waals surface area contributed by atoms with Crippen molar-refractivity contribution in [2.75, 3.05) is 6.54 Å². The number of hydrogen-bond donors (Lipinski definition) is 1. The van der Waals surface area contributed by atoms with Crippen LogP contribution in [0.2, 0.25) is 0 Å². The zero-order valence-corrected chi connectivity index (χ0v) is 21.2. The maximum Gasteiger partial charge on any atom is 0.243 e. The number of benzene rings is 3. The van der Waals surface area contributed by atoms with Crippen LogP contribution in [0.3, 0.4) is 0 Å². The molecule has 1 atom stereocenters. The second-order valence-electron chi connectivity index (χ2n) is 9.40. The van der Waals surface area contributed by atoms with E-state index in [0.29, 0.717) is 38.3 Å². The van der Waals surface area contributed by atoms with Crippen molar-refractivity contribution < 1.29 is 9.59 Å². The van der Waals surface area contributed by atoms with Crippen LogP contribution in [-0.2, 0) is 29.0 Å². The Morgan fingerprint density at radius 2 is 1.40 bits per heavy atom. The van der Waals surface area contributed by atoms with Crippen LogP contribution in [0.15, 0.2) is 84.9 Å². The third kappa shape index (κ3) is 8.10. The molecule has 3 aromatic carbocycles. The number of nitrogens with zero attached hydrogens (tertiary/aromatic N) is 1. The largest absolute Gasteiger partial charge is 0.354 e. The Morgan fingerprint density at radius 1 is 0.800 bits per heavy atom. The Morgan fingerprint density at radius 3 is 1.97 bits per heavy atom. The molecule has 0 aliphatic carbocycles. The van der Waals surface area contributed by atoms with E-state index in [1.807, 2.05) is 67.6 Å². The predicted octanol–water partition coefficient (Wildman–Crippen LogP) is 5.91. The van der Waals surface area contributed by atoms with Crippen LogP contribution in [0.1, 0.15) is 61.8 Å². The first-order chi connectivity index (χ1) is 17.0. The van der Waals surface area contributed by atoms with Gasteiger partial charge >= 0.3 is 0 Å². The molecule has 0 unspecified atom stereocenters. The average molecular weight is 471 g/mol. The zero-order valence-electron chi connectivity index (χ0n) is 21.2. The molecular formula is C31H38N2O2. The molecule has 4 heteroatoms. The van der Waals surface area contributed by atoms with Crippen molar-refractivity contribution in [2.24, 2.45) is 0 Å². The molecule has 0 saturated heterocycles. The number of nitrogens with one attached hydrogen (secondary N) is 1. The molecule has 0 bridgehead atoms. The SMILES string of the molecule is CCCNC(=O)[C@H](Cc1ccccc1)N(Cc1ccccc1)C(=O)CCc1ccc(C(C)C)cc1. The fourth-order valence-electron chi connectivity index (χ4n) is 4.16. The van der Waals surface area contributed by atoms with Crippen LogP contribution in [-0.4, -0.2) is 29.3 Å². The highest BCUT2D eigenvalue weighted by Crippen LogP contribution is 2.19. The summed E-state index contributed by atoms with van der Waals surface area (Å²) in [6, 6.07) is 27.8. The molecule has 3 rings (SSSR count). The average Bonchev–Trinajstić information content (AvgIpc) is 2.89. The fourth-order valence-corrected chi connectivity index (χ4v) is 4.16. The number of hydrogen-bond acceptors (Lipinski definition) is 2. The lowest BCUT2D eigenvalue weighted by Gasteiger charge is -2.31. The molecule has 2 amide bonds. The lowest BCUT2D eigenvalue weighted by Crippen LogP contribution is -2.50. The van der Waals surface area contributed by atoms with Gasteiger partial charge in [-0.05, 0) is 41.0 Å². The van der Waals surface area contributed by atoms with Crippen LogP contribution in [0.5, 0.6) is 0 Å². The molecule has 0 radical (unpaired) electrons. The predicted molar refractivity (Wildman–Crippen MR) is 143 cm³/mol. The first kappa shape index (κ1) is 26.2. The Labute approximate surface area is 210 Å². The highest BCUT2D eigenvalue weighted by molar-refractivity contribution is 5.88. The van der Waals surface area contributed by atoms with Crippen LogP contribution >= 0.6 is 0 Å². The van der Waals surface area contributed by atoms with Gasteiger partial charge in [-0.25, -0.2) is 0 Å². The van der Waals surface area contributed by atoms with Gasteiger partial charge in [0.05, 0.1) is 0 Å². The Bertz CT molecular complexity index is 1050. The minimum atomic E-state index is -0.569. The molecule has 0 saturated carbocycles. The first-order valence-corrected chi connectivity index (χ1v) is 12.7. The van der Waals surface area contributed by atoms with Crippen molar-refractivity contribution in [2.45, 2.75) is 65.0 Å². The van der Waals surface area contributed by atoms with Crippen LogP contribution < -0.4 is 5.32 Å². The van der Waals surface area contributed by atoms with Crippen molar-refractivity contribution in [1.29, 1.82) is 0 Å². The molecule has 3 aromatic rings. The van der Waals surface area contributed by atoms with E-state index in [4.69, 9.17) is 0 Å². The maximum atomic E-state index is 13.7. The number of aryl methyl sites for hydroxylation is 1. The van der Waals surface area contributed by atoms with E-state index in [9.17, 15) is 9.59 Å². The molecule has 0 aromatic heterocycles. The third-order valence-electron chi connectivity index (χ3n) is 6.29. The summed E-state index contributed by atoms with van der Waals surface area (Å²) in [5, 5.41) is 3.03. The van der Waals surface area contributed by atoms with Crippen molar-refractivity contribution >= 4 is 11.8 Å². The molecular weight excluding hydrogens is 432 g/mol. The van der Waals surface area contributed by atoms with Gasteiger partial charge in [0.15, 0.2) is 0 Å². The zero-order chi connectivity index (χ0) is 25.0. The van der Waals surface area contributed by atoms with Gasteiger partial charge in [-0.2, -0.15) is 0 Å². The molecule has 184 valence electrons. The number of carbonyl (C=O) groups excluding carboxylic acids is 2. The van der Waals surface area contributed by atoms with Gasteiger partial charge in [0.1, 0.15) is 6.04 Å². The summed E-state index contributed by atoms with van der Waals surface area (Å²) in [7, 11) is 0. The molecule has 0 aliphatic heterocycles. The van der Waals surface area contributed by atoms with E-state index >= 15 is 0 Å². The van der Waals surface area contributed by atoms with E-state index in [1.165, 1.54) is 5.56 Å². The summed E-state index contributed by atoms with van der Waals surface area (Å²) in [5.74, 6) is 0.378. The first-order valence-electron chi connectivity index (χ1n) is 12.7. The van der Waals surface area contributed by atoms with Gasteiger partial charge < -0.3 is 10.2 Å². The van der Waals surface area contributed by atoms with Crippen LogP contribution in [0.4, 0.5) is 0 Å². The van der Waals surface area contributed by atoms with Gasteiger partial charge in [-0.1, -0.05) is 106 Å². The molecule has 35 heavy (non-hydrogen) atoms. The van der Waals surface area contributed by atoms with E-state index in [-0.39, 0.29) is 11.8 Å². The summed E-state index contributed by atoms with van der Waals surface area (Å²) in [4.78, 5) is 28.7. The second-order valence-corrected chi connectivity index (χ2v) is 9.40. The monoisotopic (exact) mass is 470 g/mol. The smallest absolute Gasteiger partial charge is 0.243 e. The molecule has 0 spiro atoms. The van der Waals surface area contributed by atoms with E-state index < -0.39 is 6.04 Å². The lowest BCUT2D eigenvalue weighted by molar-refractivity contribution is -0.141. The Hall–Kier alpha value is -3.40. The third-order valence-corrected chi connectivity index (χ3v) is 6.29. The molecule has 1 N–H and O–H groups in total. The minimum Gasteiger partial charge on any atom is -0.354 e. The van der Waals surface area contributed by atoms with Crippen LogP contribution in [0.25, 0.3) is 0 Å². The summed E-state index contributed by atoms with van der Waals surface area (Å²) in [6.45, 7) is 7.39. The summed E-state index contributed by atoms with van der Waals surface area (Å²) in [5.41, 5.74) is 4.49. The Kier molecular flexibility index (Phi) is 10.1. The highest BCUT2D eigenvalue weighted by atomic mass is 16.2. The second kappa shape index (κ2) is 13.5. The number of carbonyl (C=O) groups is 2. The summed E-state index contributed by atoms with van der Waals surface area (Å²) in [6.07, 6.45) is 2.35. The van der Waals surface area contributed by atoms with Gasteiger partial charge in [0, 0.05) is 25.9 Å². The van der Waals surface area contributed by atoms with E-state index in [1.54, 1.807) is 4.90 Å². The number of rotatable bonds is 12. The van der Waals surface area contributed by atoms with Crippen molar-refractivity contribution in [3.63, 3.8) is 0 Å². The normalized spacial score (nSPS) is 11.8. The maximum absolute atomic E-state index is 13.7. The van der Waals surface area contributed by atoms with E-state index in [0.717, 1.165) is 23.1 Å². The topological polar surface area (TPSA) is 49.4 Å². The van der Waals surface area contributed by atoms with Gasteiger partial charge in [0.25, 0.3) is 0 Å². The highest BCUT2D eigenvalue weighted by Gasteiger charge is 2.30. The fraction of sp³-hybridized carbons (Fsp3) is 0.355. The quantitative estimate of drug-likeness (QED) is 0.358. The lowest BCUT2D eigenvalue weighted by atomic mass is 9.99. The van der Waals surface area contributed by atoms with E-state index in [2.05, 4.69) is 43.4 Å².